The fourth-order valence-corrected chi connectivity index (χ4v) is 5.45. The predicted octanol–water partition coefficient (Wildman–Crippen LogP) is 2.04. The van der Waals surface area contributed by atoms with Crippen molar-refractivity contribution in [2.24, 2.45) is 5.41 Å². The zero-order chi connectivity index (χ0) is 23.2. The van der Waals surface area contributed by atoms with Gasteiger partial charge in [0.25, 0.3) is 0 Å². The van der Waals surface area contributed by atoms with Crippen LogP contribution in [0.25, 0.3) is 5.82 Å². The van der Waals surface area contributed by atoms with E-state index in [4.69, 9.17) is 4.74 Å². The van der Waals surface area contributed by atoms with Crippen molar-refractivity contribution in [1.29, 1.82) is 0 Å². The standard InChI is InChI=1S/C23H29N7O3/c1-15-19(13-33-21(15)31)29-11-10-23(22(29)32)8-6-18(7-9-23)28(3)16(2)17-4-5-20(24-12-17)30-14-25-26-27-30/h4-5,12,14,16,18H,6-11,13H2,1-3H3. The Hall–Kier alpha value is -3.14. The van der Waals surface area contributed by atoms with E-state index < -0.39 is 0 Å². The lowest BCUT2D eigenvalue weighted by molar-refractivity contribution is -0.138. The monoisotopic (exact) mass is 451 g/mol. The number of rotatable bonds is 5. The number of esters is 1. The average molecular weight is 452 g/mol. The third-order valence-corrected chi connectivity index (χ3v) is 7.85. The summed E-state index contributed by atoms with van der Waals surface area (Å²) in [5.41, 5.74) is 2.16. The van der Waals surface area contributed by atoms with Crippen molar-refractivity contribution in [3.63, 3.8) is 0 Å². The third kappa shape index (κ3) is 3.72. The number of hydrogen-bond donors (Lipinski definition) is 0. The first kappa shape index (κ1) is 21.7. The number of hydrogen-bond acceptors (Lipinski definition) is 8. The van der Waals surface area contributed by atoms with Crippen molar-refractivity contribution in [3.8, 4) is 5.82 Å². The Balaban J connectivity index is 1.22. The molecule has 3 aliphatic rings. The van der Waals surface area contributed by atoms with Gasteiger partial charge in [-0.1, -0.05) is 6.07 Å². The molecule has 10 nitrogen and oxygen atoms in total. The molecule has 1 spiro atoms. The Morgan fingerprint density at radius 3 is 2.61 bits per heavy atom. The van der Waals surface area contributed by atoms with Crippen LogP contribution in [0.5, 0.6) is 0 Å². The van der Waals surface area contributed by atoms with E-state index in [0.717, 1.165) is 43.4 Å². The molecule has 1 atom stereocenters. The van der Waals surface area contributed by atoms with Gasteiger partial charge in [0.2, 0.25) is 5.91 Å². The molecule has 1 saturated carbocycles. The van der Waals surface area contributed by atoms with E-state index >= 15 is 0 Å². The van der Waals surface area contributed by atoms with E-state index in [0.29, 0.717) is 24.0 Å². The molecule has 0 radical (unpaired) electrons. The number of cyclic esters (lactones) is 1. The number of pyridine rings is 1. The van der Waals surface area contributed by atoms with Gasteiger partial charge in [0.1, 0.15) is 12.9 Å². The van der Waals surface area contributed by atoms with E-state index in [2.05, 4.69) is 45.4 Å². The number of carbonyl (C=O) groups is 2. The summed E-state index contributed by atoms with van der Waals surface area (Å²) >= 11 is 0. The zero-order valence-corrected chi connectivity index (χ0v) is 19.3. The molecule has 1 unspecified atom stereocenters. The van der Waals surface area contributed by atoms with E-state index in [-0.39, 0.29) is 29.9 Å². The molecule has 2 aromatic heterocycles. The number of ether oxygens (including phenoxy) is 1. The SMILES string of the molecule is CC1=C(N2CCC3(CCC(N(C)C(C)c4ccc(-n5cnnn5)nc4)CC3)C2=O)COC1=O. The van der Waals surface area contributed by atoms with E-state index in [9.17, 15) is 9.59 Å². The van der Waals surface area contributed by atoms with Gasteiger partial charge in [-0.15, -0.1) is 5.10 Å². The summed E-state index contributed by atoms with van der Waals surface area (Å²) in [6.45, 7) is 4.83. The first-order valence-corrected chi connectivity index (χ1v) is 11.5. The number of aromatic nitrogens is 5. The molecular weight excluding hydrogens is 422 g/mol. The number of tetrazole rings is 1. The van der Waals surface area contributed by atoms with Crippen molar-refractivity contribution in [1.82, 2.24) is 35.0 Å². The van der Waals surface area contributed by atoms with Crippen LogP contribution < -0.4 is 0 Å². The molecule has 1 saturated heterocycles. The van der Waals surface area contributed by atoms with E-state index in [1.54, 1.807) is 6.92 Å². The minimum Gasteiger partial charge on any atom is -0.456 e. The first-order valence-electron chi connectivity index (χ1n) is 11.5. The van der Waals surface area contributed by atoms with Gasteiger partial charge in [-0.25, -0.2) is 9.78 Å². The number of likely N-dealkylation sites (tertiary alicyclic amines) is 1. The molecule has 33 heavy (non-hydrogen) atoms. The highest BCUT2D eigenvalue weighted by Gasteiger charge is 2.50. The lowest BCUT2D eigenvalue weighted by atomic mass is 9.71. The second kappa shape index (κ2) is 8.33. The van der Waals surface area contributed by atoms with Crippen molar-refractivity contribution >= 4 is 11.9 Å². The van der Waals surface area contributed by atoms with Crippen molar-refractivity contribution in [3.05, 3.63) is 41.5 Å². The zero-order valence-electron chi connectivity index (χ0n) is 19.3. The minimum absolute atomic E-state index is 0.173. The summed E-state index contributed by atoms with van der Waals surface area (Å²) in [7, 11) is 2.15. The maximum Gasteiger partial charge on any atom is 0.336 e. The van der Waals surface area contributed by atoms with E-state index in [1.165, 1.54) is 11.0 Å². The smallest absolute Gasteiger partial charge is 0.336 e. The van der Waals surface area contributed by atoms with Gasteiger partial charge in [-0.2, -0.15) is 4.68 Å². The Morgan fingerprint density at radius 2 is 2.00 bits per heavy atom. The Kier molecular flexibility index (Phi) is 5.48. The molecule has 0 N–H and O–H groups in total. The number of nitrogens with zero attached hydrogens (tertiary/aromatic N) is 7. The topological polar surface area (TPSA) is 106 Å². The van der Waals surface area contributed by atoms with Gasteiger partial charge in [-0.05, 0) is 75.1 Å². The molecule has 0 aromatic carbocycles. The van der Waals surface area contributed by atoms with Crippen LogP contribution in [-0.4, -0.2) is 73.1 Å². The lowest BCUT2D eigenvalue weighted by Crippen LogP contribution is -2.43. The van der Waals surface area contributed by atoms with Gasteiger partial charge in [0.15, 0.2) is 5.82 Å². The van der Waals surface area contributed by atoms with Crippen LogP contribution in [0.15, 0.2) is 35.9 Å². The van der Waals surface area contributed by atoms with Crippen molar-refractivity contribution in [2.75, 3.05) is 20.2 Å². The maximum absolute atomic E-state index is 13.4. The molecule has 1 amide bonds. The highest BCUT2D eigenvalue weighted by Crippen LogP contribution is 2.47. The molecule has 0 bridgehead atoms. The highest BCUT2D eigenvalue weighted by atomic mass is 16.5. The van der Waals surface area contributed by atoms with Crippen LogP contribution in [0.2, 0.25) is 0 Å². The van der Waals surface area contributed by atoms with Crippen LogP contribution in [0.4, 0.5) is 0 Å². The van der Waals surface area contributed by atoms with Gasteiger partial charge in [0, 0.05) is 24.8 Å². The minimum atomic E-state index is -0.307. The molecule has 1 aliphatic carbocycles. The van der Waals surface area contributed by atoms with Crippen LogP contribution in [-0.2, 0) is 14.3 Å². The number of amides is 1. The normalized spacial score (nSPS) is 26.5. The van der Waals surface area contributed by atoms with Crippen LogP contribution in [0.3, 0.4) is 0 Å². The molecule has 174 valence electrons. The van der Waals surface area contributed by atoms with E-state index in [1.807, 2.05) is 17.2 Å². The van der Waals surface area contributed by atoms with Gasteiger partial charge >= 0.3 is 5.97 Å². The second-order valence-electron chi connectivity index (χ2n) is 9.41. The fourth-order valence-electron chi connectivity index (χ4n) is 5.45. The fraction of sp³-hybridized carbons (Fsp3) is 0.565. The van der Waals surface area contributed by atoms with Crippen LogP contribution in [0, 0.1) is 5.41 Å². The highest BCUT2D eigenvalue weighted by molar-refractivity contribution is 5.94. The molecule has 2 aliphatic heterocycles. The predicted molar refractivity (Wildman–Crippen MR) is 118 cm³/mol. The van der Waals surface area contributed by atoms with Gasteiger partial charge < -0.3 is 9.64 Å². The summed E-state index contributed by atoms with van der Waals surface area (Å²) in [6.07, 6.45) is 7.96. The molecule has 5 rings (SSSR count). The average Bonchev–Trinajstić information content (AvgIpc) is 3.56. The van der Waals surface area contributed by atoms with Crippen LogP contribution >= 0.6 is 0 Å². The second-order valence-corrected chi connectivity index (χ2v) is 9.41. The van der Waals surface area contributed by atoms with Crippen molar-refractivity contribution < 1.29 is 14.3 Å². The molecule has 2 aromatic rings. The molecule has 10 heteroatoms. The van der Waals surface area contributed by atoms with Crippen molar-refractivity contribution in [2.45, 2.75) is 58.0 Å². The Bertz CT molecular complexity index is 1070. The van der Waals surface area contributed by atoms with Gasteiger partial charge in [-0.3, -0.25) is 9.69 Å². The summed E-state index contributed by atoms with van der Waals surface area (Å²) in [4.78, 5) is 33.8. The third-order valence-electron chi connectivity index (χ3n) is 7.85. The summed E-state index contributed by atoms with van der Waals surface area (Å²) < 4.78 is 6.66. The summed E-state index contributed by atoms with van der Waals surface area (Å²) in [5, 5.41) is 11.2. The summed E-state index contributed by atoms with van der Waals surface area (Å²) in [6, 6.07) is 4.59. The molecular formula is C23H29N7O3. The largest absolute Gasteiger partial charge is 0.456 e. The Morgan fingerprint density at radius 1 is 1.21 bits per heavy atom. The van der Waals surface area contributed by atoms with Gasteiger partial charge in [0.05, 0.1) is 16.7 Å². The first-order chi connectivity index (χ1) is 15.9. The lowest BCUT2D eigenvalue weighted by Gasteiger charge is -2.41. The summed E-state index contributed by atoms with van der Waals surface area (Å²) in [5.74, 6) is 0.549. The quantitative estimate of drug-likeness (QED) is 0.636. The number of carbonyl (C=O) groups excluding carboxylic acids is 2. The molecule has 4 heterocycles. The maximum atomic E-state index is 13.4. The Labute approximate surface area is 192 Å². The molecule has 2 fully saturated rings. The van der Waals surface area contributed by atoms with Crippen LogP contribution in [0.1, 0.15) is 57.6 Å².